The number of likely N-dealkylation sites (tertiary alicyclic amines) is 1. The lowest BCUT2D eigenvalue weighted by Crippen LogP contribution is -2.43. The molecule has 2 aromatic rings. The molecule has 1 aliphatic heterocycles. The first-order valence-corrected chi connectivity index (χ1v) is 8.68. The standard InChI is InChI=1S/C19H17ClF2N2O3/c1-27-17-5-4-11(20)7-15(17)19(26)24-6-2-3-16(24)18(25)23-14-9-12(21)8-13(22)10-14/h4-5,7-10,16H,2-3,6H2,1H3,(H,23,25)/t16-/m1/s1. The van der Waals surface area contributed by atoms with Crippen LogP contribution in [0.15, 0.2) is 36.4 Å². The molecule has 0 saturated carbocycles. The lowest BCUT2D eigenvalue weighted by atomic mass is 10.1. The SMILES string of the molecule is COc1ccc(Cl)cc1C(=O)N1CCC[C@@H]1C(=O)Nc1cc(F)cc(F)c1. The van der Waals surface area contributed by atoms with E-state index in [0.29, 0.717) is 36.2 Å². The van der Waals surface area contributed by atoms with Gasteiger partial charge in [0.1, 0.15) is 23.4 Å². The van der Waals surface area contributed by atoms with Crippen molar-refractivity contribution in [3.05, 3.63) is 58.6 Å². The molecular formula is C19H17ClF2N2O3. The van der Waals surface area contributed by atoms with Crippen LogP contribution in [0.4, 0.5) is 14.5 Å². The topological polar surface area (TPSA) is 58.6 Å². The summed E-state index contributed by atoms with van der Waals surface area (Å²) in [5.41, 5.74) is 0.249. The largest absolute Gasteiger partial charge is 0.496 e. The second-order valence-electron chi connectivity index (χ2n) is 6.15. The summed E-state index contributed by atoms with van der Waals surface area (Å²) in [6, 6.07) is 6.65. The van der Waals surface area contributed by atoms with E-state index in [-0.39, 0.29) is 11.3 Å². The molecule has 2 amide bonds. The smallest absolute Gasteiger partial charge is 0.258 e. The number of methoxy groups -OCH3 is 1. The Morgan fingerprint density at radius 2 is 1.89 bits per heavy atom. The van der Waals surface area contributed by atoms with Gasteiger partial charge in [0.15, 0.2) is 0 Å². The zero-order valence-electron chi connectivity index (χ0n) is 14.5. The average molecular weight is 395 g/mol. The number of hydrogen-bond donors (Lipinski definition) is 1. The lowest BCUT2D eigenvalue weighted by Gasteiger charge is -2.25. The first kappa shape index (κ1) is 19.1. The molecule has 0 spiro atoms. The van der Waals surface area contributed by atoms with Crippen LogP contribution in [-0.4, -0.2) is 36.4 Å². The Hall–Kier alpha value is -2.67. The molecule has 0 unspecified atom stereocenters. The lowest BCUT2D eigenvalue weighted by molar-refractivity contribution is -0.119. The number of hydrogen-bond acceptors (Lipinski definition) is 3. The molecule has 0 bridgehead atoms. The summed E-state index contributed by atoms with van der Waals surface area (Å²) >= 11 is 5.98. The minimum Gasteiger partial charge on any atom is -0.496 e. The normalized spacial score (nSPS) is 16.3. The Morgan fingerprint density at radius 3 is 2.56 bits per heavy atom. The summed E-state index contributed by atoms with van der Waals surface area (Å²) in [6.45, 7) is 0.379. The first-order chi connectivity index (χ1) is 12.9. The van der Waals surface area contributed by atoms with Gasteiger partial charge in [-0.05, 0) is 43.2 Å². The van der Waals surface area contributed by atoms with Gasteiger partial charge >= 0.3 is 0 Å². The molecule has 1 N–H and O–H groups in total. The molecule has 2 aromatic carbocycles. The Morgan fingerprint density at radius 1 is 1.19 bits per heavy atom. The molecule has 142 valence electrons. The van der Waals surface area contributed by atoms with Crippen molar-refractivity contribution in [2.24, 2.45) is 0 Å². The second kappa shape index (κ2) is 7.92. The first-order valence-electron chi connectivity index (χ1n) is 8.30. The van der Waals surface area contributed by atoms with Crippen molar-refractivity contribution in [1.82, 2.24) is 4.90 Å². The van der Waals surface area contributed by atoms with Crippen molar-refractivity contribution in [2.75, 3.05) is 19.0 Å². The van der Waals surface area contributed by atoms with E-state index in [0.717, 1.165) is 12.1 Å². The maximum absolute atomic E-state index is 13.3. The molecule has 1 fully saturated rings. The zero-order chi connectivity index (χ0) is 19.6. The van der Waals surface area contributed by atoms with Crippen LogP contribution in [0.5, 0.6) is 5.75 Å². The Kier molecular flexibility index (Phi) is 5.60. The molecule has 1 heterocycles. The van der Waals surface area contributed by atoms with Gasteiger partial charge in [0.05, 0.1) is 12.7 Å². The number of carbonyl (C=O) groups is 2. The zero-order valence-corrected chi connectivity index (χ0v) is 15.2. The van der Waals surface area contributed by atoms with Gasteiger partial charge in [-0.1, -0.05) is 11.6 Å². The highest BCUT2D eigenvalue weighted by Gasteiger charge is 2.35. The van der Waals surface area contributed by atoms with Gasteiger partial charge in [0.25, 0.3) is 5.91 Å². The molecule has 0 aromatic heterocycles. The van der Waals surface area contributed by atoms with E-state index in [1.54, 1.807) is 12.1 Å². The van der Waals surface area contributed by atoms with Crippen LogP contribution in [0.3, 0.4) is 0 Å². The van der Waals surface area contributed by atoms with E-state index in [1.807, 2.05) is 0 Å². The third kappa shape index (κ3) is 4.19. The third-order valence-electron chi connectivity index (χ3n) is 4.34. The van der Waals surface area contributed by atoms with Crippen molar-refractivity contribution < 1.29 is 23.1 Å². The molecule has 1 aliphatic rings. The van der Waals surface area contributed by atoms with Crippen LogP contribution in [0.25, 0.3) is 0 Å². The van der Waals surface area contributed by atoms with E-state index in [9.17, 15) is 18.4 Å². The Labute approximate surface area is 159 Å². The molecular weight excluding hydrogens is 378 g/mol. The number of carbonyl (C=O) groups excluding carboxylic acids is 2. The van der Waals surface area contributed by atoms with E-state index in [2.05, 4.69) is 5.32 Å². The predicted molar refractivity (Wildman–Crippen MR) is 97.1 cm³/mol. The van der Waals surface area contributed by atoms with Crippen LogP contribution in [0.1, 0.15) is 23.2 Å². The van der Waals surface area contributed by atoms with Gasteiger partial charge in [0, 0.05) is 23.3 Å². The minimum absolute atomic E-state index is 0.00265. The van der Waals surface area contributed by atoms with Gasteiger partial charge in [-0.25, -0.2) is 8.78 Å². The highest BCUT2D eigenvalue weighted by Crippen LogP contribution is 2.28. The molecule has 5 nitrogen and oxygen atoms in total. The number of amides is 2. The summed E-state index contributed by atoms with van der Waals surface area (Å²) in [6.07, 6.45) is 1.07. The monoisotopic (exact) mass is 394 g/mol. The number of ether oxygens (including phenoxy) is 1. The summed E-state index contributed by atoms with van der Waals surface area (Å²) in [7, 11) is 1.44. The maximum atomic E-state index is 13.3. The van der Waals surface area contributed by atoms with Crippen molar-refractivity contribution in [2.45, 2.75) is 18.9 Å². The number of halogens is 3. The second-order valence-corrected chi connectivity index (χ2v) is 6.58. The highest BCUT2D eigenvalue weighted by atomic mass is 35.5. The summed E-state index contributed by atoms with van der Waals surface area (Å²) < 4.78 is 31.9. The van der Waals surface area contributed by atoms with Gasteiger partial charge in [0.2, 0.25) is 5.91 Å². The van der Waals surface area contributed by atoms with E-state index in [1.165, 1.54) is 18.1 Å². The molecule has 8 heteroatoms. The van der Waals surface area contributed by atoms with Crippen molar-refractivity contribution >= 4 is 29.1 Å². The summed E-state index contributed by atoms with van der Waals surface area (Å²) in [5, 5.41) is 2.84. The van der Waals surface area contributed by atoms with Crippen LogP contribution in [0.2, 0.25) is 5.02 Å². The number of benzene rings is 2. The van der Waals surface area contributed by atoms with Crippen LogP contribution >= 0.6 is 11.6 Å². The molecule has 1 atom stereocenters. The Balaban J connectivity index is 1.81. The average Bonchev–Trinajstić information content (AvgIpc) is 3.10. The third-order valence-corrected chi connectivity index (χ3v) is 4.57. The van der Waals surface area contributed by atoms with Crippen molar-refractivity contribution in [3.63, 3.8) is 0 Å². The number of nitrogens with zero attached hydrogens (tertiary/aromatic N) is 1. The van der Waals surface area contributed by atoms with Gasteiger partial charge in [-0.3, -0.25) is 9.59 Å². The minimum atomic E-state index is -0.798. The van der Waals surface area contributed by atoms with Gasteiger partial charge < -0.3 is 15.0 Å². The molecule has 0 radical (unpaired) electrons. The van der Waals surface area contributed by atoms with Crippen molar-refractivity contribution in [3.8, 4) is 5.75 Å². The fourth-order valence-corrected chi connectivity index (χ4v) is 3.31. The van der Waals surface area contributed by atoms with E-state index < -0.39 is 29.5 Å². The quantitative estimate of drug-likeness (QED) is 0.856. The summed E-state index contributed by atoms with van der Waals surface area (Å²) in [4.78, 5) is 27.0. The van der Waals surface area contributed by atoms with Crippen molar-refractivity contribution in [1.29, 1.82) is 0 Å². The number of anilines is 1. The van der Waals surface area contributed by atoms with E-state index in [4.69, 9.17) is 16.3 Å². The molecule has 27 heavy (non-hydrogen) atoms. The highest BCUT2D eigenvalue weighted by molar-refractivity contribution is 6.31. The maximum Gasteiger partial charge on any atom is 0.258 e. The Bertz CT molecular complexity index is 871. The summed E-state index contributed by atoms with van der Waals surface area (Å²) in [5.74, 6) is -2.14. The van der Waals surface area contributed by atoms with E-state index >= 15 is 0 Å². The molecule has 1 saturated heterocycles. The van der Waals surface area contributed by atoms with Crippen LogP contribution < -0.4 is 10.1 Å². The fraction of sp³-hybridized carbons (Fsp3) is 0.263. The number of nitrogens with one attached hydrogen (secondary N) is 1. The van der Waals surface area contributed by atoms with Gasteiger partial charge in [-0.2, -0.15) is 0 Å². The van der Waals surface area contributed by atoms with Crippen LogP contribution in [-0.2, 0) is 4.79 Å². The molecule has 3 rings (SSSR count). The van der Waals surface area contributed by atoms with Crippen LogP contribution in [0, 0.1) is 11.6 Å². The molecule has 0 aliphatic carbocycles. The fourth-order valence-electron chi connectivity index (χ4n) is 3.14. The predicted octanol–water partition coefficient (Wildman–Crippen LogP) is 3.87. The number of rotatable bonds is 4. The van der Waals surface area contributed by atoms with Gasteiger partial charge in [-0.15, -0.1) is 0 Å².